The van der Waals surface area contributed by atoms with E-state index in [2.05, 4.69) is 5.32 Å². The van der Waals surface area contributed by atoms with Gasteiger partial charge < -0.3 is 10.1 Å². The lowest BCUT2D eigenvalue weighted by atomic mass is 9.95. The van der Waals surface area contributed by atoms with Gasteiger partial charge in [0, 0.05) is 13.1 Å². The average molecular weight is 366 g/mol. The van der Waals surface area contributed by atoms with E-state index in [1.807, 2.05) is 0 Å². The first kappa shape index (κ1) is 18.0. The van der Waals surface area contributed by atoms with Crippen molar-refractivity contribution in [3.63, 3.8) is 0 Å². The molecule has 2 bridgehead atoms. The van der Waals surface area contributed by atoms with Crippen molar-refractivity contribution in [1.82, 2.24) is 5.32 Å². The highest BCUT2D eigenvalue weighted by Crippen LogP contribution is 2.44. The molecule has 0 aromatic heterocycles. The standard InChI is InChI=1S/C18H26N2O4S/c1-12(18(21)19-17-11-13-4-5-14(17)10-13)24-16-8-6-15(7-9-16)20(2)25(3,22)23/h6-9,12-14,17H,4-5,10-11H2,1-3H3,(H,19,21)/t12-,13+,14+,17-/m1/s1. The Bertz CT molecular complexity index is 732. The molecule has 0 unspecified atom stereocenters. The third-order valence-corrected chi connectivity index (χ3v) is 6.65. The molecule has 0 radical (unpaired) electrons. The number of amides is 1. The summed E-state index contributed by atoms with van der Waals surface area (Å²) in [7, 11) is -1.80. The molecule has 1 aromatic rings. The summed E-state index contributed by atoms with van der Waals surface area (Å²) >= 11 is 0. The van der Waals surface area contributed by atoms with Gasteiger partial charge in [-0.25, -0.2) is 8.42 Å². The number of nitrogens with zero attached hydrogens (tertiary/aromatic N) is 1. The topological polar surface area (TPSA) is 75.7 Å². The van der Waals surface area contributed by atoms with Crippen LogP contribution in [0.25, 0.3) is 0 Å². The minimum atomic E-state index is -3.29. The Morgan fingerprint density at radius 1 is 1.24 bits per heavy atom. The Morgan fingerprint density at radius 2 is 1.92 bits per heavy atom. The lowest BCUT2D eigenvalue weighted by Crippen LogP contribution is -2.44. The molecule has 2 aliphatic carbocycles. The van der Waals surface area contributed by atoms with Crippen molar-refractivity contribution in [2.75, 3.05) is 17.6 Å². The summed E-state index contributed by atoms with van der Waals surface area (Å²) in [6, 6.07) is 6.98. The monoisotopic (exact) mass is 366 g/mol. The van der Waals surface area contributed by atoms with E-state index in [0.717, 1.165) is 18.6 Å². The molecular formula is C18H26N2O4S. The third-order valence-electron chi connectivity index (χ3n) is 5.45. The number of ether oxygens (including phenoxy) is 1. The normalized spacial score (nSPS) is 26.3. The largest absolute Gasteiger partial charge is 0.481 e. The Morgan fingerprint density at radius 3 is 2.44 bits per heavy atom. The van der Waals surface area contributed by atoms with Gasteiger partial charge in [0.25, 0.3) is 5.91 Å². The van der Waals surface area contributed by atoms with E-state index in [1.165, 1.54) is 30.6 Å². The number of carbonyl (C=O) groups excluding carboxylic acids is 1. The van der Waals surface area contributed by atoms with Gasteiger partial charge in [0.1, 0.15) is 5.75 Å². The quantitative estimate of drug-likeness (QED) is 0.837. The van der Waals surface area contributed by atoms with Gasteiger partial charge in [0.15, 0.2) is 6.10 Å². The fourth-order valence-electron chi connectivity index (χ4n) is 3.91. The smallest absolute Gasteiger partial charge is 0.261 e. The van der Waals surface area contributed by atoms with E-state index in [-0.39, 0.29) is 5.91 Å². The highest BCUT2D eigenvalue weighted by Gasteiger charge is 2.40. The van der Waals surface area contributed by atoms with Crippen LogP contribution in [0.4, 0.5) is 5.69 Å². The first-order valence-corrected chi connectivity index (χ1v) is 10.6. The zero-order valence-corrected chi connectivity index (χ0v) is 15.8. The van der Waals surface area contributed by atoms with Crippen molar-refractivity contribution in [3.8, 4) is 5.75 Å². The van der Waals surface area contributed by atoms with Gasteiger partial charge in [0.05, 0.1) is 11.9 Å². The fourth-order valence-corrected chi connectivity index (χ4v) is 4.41. The van der Waals surface area contributed by atoms with E-state index in [4.69, 9.17) is 4.74 Å². The molecule has 2 fully saturated rings. The molecule has 138 valence electrons. The maximum absolute atomic E-state index is 12.4. The average Bonchev–Trinajstić information content (AvgIpc) is 3.16. The van der Waals surface area contributed by atoms with E-state index < -0.39 is 16.1 Å². The minimum absolute atomic E-state index is 0.0881. The second-order valence-electron chi connectivity index (χ2n) is 7.27. The Balaban J connectivity index is 1.55. The second-order valence-corrected chi connectivity index (χ2v) is 9.29. The molecule has 1 amide bonds. The zero-order valence-electron chi connectivity index (χ0n) is 14.9. The Hall–Kier alpha value is -1.76. The number of hydrogen-bond acceptors (Lipinski definition) is 4. The van der Waals surface area contributed by atoms with Crippen LogP contribution in [0.15, 0.2) is 24.3 Å². The number of nitrogens with one attached hydrogen (secondary N) is 1. The number of anilines is 1. The van der Waals surface area contributed by atoms with Crippen LogP contribution in [-0.4, -0.2) is 39.8 Å². The van der Waals surface area contributed by atoms with Crippen molar-refractivity contribution in [2.24, 2.45) is 11.8 Å². The van der Waals surface area contributed by atoms with Crippen molar-refractivity contribution >= 4 is 21.6 Å². The predicted octanol–water partition coefficient (Wildman–Crippen LogP) is 2.15. The van der Waals surface area contributed by atoms with Gasteiger partial charge in [-0.2, -0.15) is 0 Å². The summed E-state index contributed by atoms with van der Waals surface area (Å²) < 4.78 is 30.0. The lowest BCUT2D eigenvalue weighted by molar-refractivity contribution is -0.128. The van der Waals surface area contributed by atoms with Gasteiger partial charge in [-0.15, -0.1) is 0 Å². The van der Waals surface area contributed by atoms with E-state index in [9.17, 15) is 13.2 Å². The number of sulfonamides is 1. The second kappa shape index (κ2) is 6.86. The molecule has 25 heavy (non-hydrogen) atoms. The Labute approximate surface area is 149 Å². The first-order valence-electron chi connectivity index (χ1n) is 8.75. The summed E-state index contributed by atoms with van der Waals surface area (Å²) in [6.45, 7) is 1.74. The number of hydrogen-bond donors (Lipinski definition) is 1. The molecule has 7 heteroatoms. The molecule has 2 saturated carbocycles. The molecule has 0 aliphatic heterocycles. The molecule has 0 spiro atoms. The highest BCUT2D eigenvalue weighted by atomic mass is 32.2. The zero-order chi connectivity index (χ0) is 18.2. The number of rotatable bonds is 6. The van der Waals surface area contributed by atoms with Crippen LogP contribution >= 0.6 is 0 Å². The van der Waals surface area contributed by atoms with Crippen LogP contribution in [0.3, 0.4) is 0 Å². The van der Waals surface area contributed by atoms with Crippen LogP contribution in [0.2, 0.25) is 0 Å². The third kappa shape index (κ3) is 4.08. The number of benzene rings is 1. The molecule has 0 heterocycles. The van der Waals surface area contributed by atoms with Crippen molar-refractivity contribution in [2.45, 2.75) is 44.8 Å². The maximum Gasteiger partial charge on any atom is 0.261 e. The van der Waals surface area contributed by atoms with Gasteiger partial charge in [-0.05, 0) is 62.3 Å². The predicted molar refractivity (Wildman–Crippen MR) is 97.2 cm³/mol. The summed E-state index contributed by atoms with van der Waals surface area (Å²) in [4.78, 5) is 12.4. The fraction of sp³-hybridized carbons (Fsp3) is 0.611. The van der Waals surface area contributed by atoms with Crippen LogP contribution in [-0.2, 0) is 14.8 Å². The van der Waals surface area contributed by atoms with E-state index in [1.54, 1.807) is 31.2 Å². The molecule has 2 aliphatic rings. The SMILES string of the molecule is C[C@@H](Oc1ccc(N(C)S(C)(=O)=O)cc1)C(=O)N[C@@H]1C[C@H]2CC[C@H]1C2. The molecule has 3 rings (SSSR count). The minimum Gasteiger partial charge on any atom is -0.481 e. The summed E-state index contributed by atoms with van der Waals surface area (Å²) in [6.07, 6.45) is 5.43. The van der Waals surface area contributed by atoms with E-state index in [0.29, 0.717) is 23.4 Å². The van der Waals surface area contributed by atoms with Crippen LogP contribution in [0.5, 0.6) is 5.75 Å². The van der Waals surface area contributed by atoms with Crippen LogP contribution < -0.4 is 14.4 Å². The summed E-state index contributed by atoms with van der Waals surface area (Å²) in [5.41, 5.74) is 0.550. The molecule has 1 aromatic carbocycles. The van der Waals surface area contributed by atoms with Gasteiger partial charge in [0.2, 0.25) is 10.0 Å². The summed E-state index contributed by atoms with van der Waals surface area (Å²) in [5.74, 6) is 1.87. The molecule has 4 atom stereocenters. The molecular weight excluding hydrogens is 340 g/mol. The van der Waals surface area contributed by atoms with Crippen molar-refractivity contribution in [1.29, 1.82) is 0 Å². The number of fused-ring (bicyclic) bond motifs is 2. The van der Waals surface area contributed by atoms with Gasteiger partial charge in [-0.1, -0.05) is 6.42 Å². The highest BCUT2D eigenvalue weighted by molar-refractivity contribution is 7.92. The molecule has 1 N–H and O–H groups in total. The first-order chi connectivity index (χ1) is 11.7. The maximum atomic E-state index is 12.4. The van der Waals surface area contributed by atoms with Crippen LogP contribution in [0.1, 0.15) is 32.6 Å². The van der Waals surface area contributed by atoms with Gasteiger partial charge >= 0.3 is 0 Å². The number of carbonyl (C=O) groups is 1. The van der Waals surface area contributed by atoms with Crippen LogP contribution in [0, 0.1) is 11.8 Å². The molecule has 0 saturated heterocycles. The lowest BCUT2D eigenvalue weighted by Gasteiger charge is -2.25. The van der Waals surface area contributed by atoms with Gasteiger partial charge in [-0.3, -0.25) is 9.10 Å². The van der Waals surface area contributed by atoms with Crippen molar-refractivity contribution in [3.05, 3.63) is 24.3 Å². The summed E-state index contributed by atoms with van der Waals surface area (Å²) in [5, 5.41) is 3.13. The van der Waals surface area contributed by atoms with Crippen molar-refractivity contribution < 1.29 is 17.9 Å². The van der Waals surface area contributed by atoms with E-state index >= 15 is 0 Å². The Kier molecular flexibility index (Phi) is 4.95. The molecule has 6 nitrogen and oxygen atoms in total.